The van der Waals surface area contributed by atoms with E-state index in [1.165, 1.54) is 13.0 Å². The van der Waals surface area contributed by atoms with E-state index in [1.54, 1.807) is 0 Å². The number of rotatable bonds is 2. The monoisotopic (exact) mass is 215 g/mol. The molecule has 15 heavy (non-hydrogen) atoms. The quantitative estimate of drug-likeness (QED) is 0.702. The molecule has 92 valence electrons. The Hall–Kier alpha value is -0.0800. The fourth-order valence-electron chi connectivity index (χ4n) is 2.56. The first-order chi connectivity index (χ1) is 7.24. The van der Waals surface area contributed by atoms with Gasteiger partial charge in [-0.2, -0.15) is 0 Å². The Labute approximate surface area is 96.0 Å². The van der Waals surface area contributed by atoms with E-state index >= 15 is 0 Å². The van der Waals surface area contributed by atoms with E-state index < -0.39 is 0 Å². The van der Waals surface area contributed by atoms with Crippen LogP contribution >= 0.6 is 0 Å². The predicted molar refractivity (Wildman–Crippen MR) is 67.2 cm³/mol. The Balaban J connectivity index is 0.000000442. The minimum Gasteiger partial charge on any atom is -0.380 e. The van der Waals surface area contributed by atoms with Crippen LogP contribution < -0.4 is 0 Å². The highest BCUT2D eigenvalue weighted by Gasteiger charge is 2.52. The molecular formula is C13H29NO. The number of nitrogens with zero attached hydrogens (tertiary/aromatic N) is 1. The van der Waals surface area contributed by atoms with Gasteiger partial charge in [-0.1, -0.05) is 27.7 Å². The lowest BCUT2D eigenvalue weighted by atomic mass is 10.1. The summed E-state index contributed by atoms with van der Waals surface area (Å²) in [6.45, 7) is 11.5. The molecule has 0 aromatic heterocycles. The van der Waals surface area contributed by atoms with Crippen LogP contribution in [-0.4, -0.2) is 37.7 Å². The molecule has 0 spiro atoms. The second kappa shape index (κ2) is 7.24. The van der Waals surface area contributed by atoms with Crippen LogP contribution in [-0.2, 0) is 4.74 Å². The van der Waals surface area contributed by atoms with E-state index in [4.69, 9.17) is 4.74 Å². The van der Waals surface area contributed by atoms with Gasteiger partial charge in [0.25, 0.3) is 0 Å². The van der Waals surface area contributed by atoms with Crippen molar-refractivity contribution in [1.82, 2.24) is 4.90 Å². The first kappa shape index (κ1) is 14.9. The van der Waals surface area contributed by atoms with E-state index in [9.17, 15) is 0 Å². The van der Waals surface area contributed by atoms with Gasteiger partial charge in [0.1, 0.15) is 0 Å². The molecule has 2 nitrogen and oxygen atoms in total. The zero-order chi connectivity index (χ0) is 12.0. The third-order valence-corrected chi connectivity index (χ3v) is 3.30. The molecule has 0 amide bonds. The maximum atomic E-state index is 5.36. The molecule has 0 N–H and O–H groups in total. The van der Waals surface area contributed by atoms with Crippen molar-refractivity contribution in [3.8, 4) is 0 Å². The minimum atomic E-state index is 0.414. The van der Waals surface area contributed by atoms with Crippen molar-refractivity contribution >= 4 is 0 Å². The molecule has 2 fully saturated rings. The summed E-state index contributed by atoms with van der Waals surface area (Å²) < 4.78 is 5.36. The number of piperidine rings is 1. The van der Waals surface area contributed by atoms with Crippen molar-refractivity contribution in [2.75, 3.05) is 20.7 Å². The second-order valence-corrected chi connectivity index (χ2v) is 4.03. The molecule has 2 heteroatoms. The molecule has 0 aromatic rings. The highest BCUT2D eigenvalue weighted by Crippen LogP contribution is 2.50. The van der Waals surface area contributed by atoms with Gasteiger partial charge in [-0.25, -0.2) is 0 Å². The highest BCUT2D eigenvalue weighted by atomic mass is 16.5. The minimum absolute atomic E-state index is 0.414. The van der Waals surface area contributed by atoms with Gasteiger partial charge in [0.2, 0.25) is 0 Å². The number of fused-ring (bicyclic) bond motifs is 1. The molecule has 1 aliphatic carbocycles. The van der Waals surface area contributed by atoms with Crippen molar-refractivity contribution in [2.45, 2.75) is 53.2 Å². The Morgan fingerprint density at radius 1 is 1.20 bits per heavy atom. The van der Waals surface area contributed by atoms with Crippen LogP contribution in [0.4, 0.5) is 0 Å². The molecule has 0 radical (unpaired) electrons. The SMILES string of the molecule is CC.CC.CO[C@@H](C)[C@@H]1[C@H]2C[C@H]2CN1C. The van der Waals surface area contributed by atoms with Gasteiger partial charge in [0, 0.05) is 19.7 Å². The fraction of sp³-hybridized carbons (Fsp3) is 1.00. The largest absolute Gasteiger partial charge is 0.380 e. The van der Waals surface area contributed by atoms with Crippen molar-refractivity contribution in [1.29, 1.82) is 0 Å². The van der Waals surface area contributed by atoms with Gasteiger partial charge >= 0.3 is 0 Å². The Kier molecular flexibility index (Phi) is 7.20. The molecule has 0 aromatic carbocycles. The van der Waals surface area contributed by atoms with E-state index in [1.807, 2.05) is 34.8 Å². The zero-order valence-electron chi connectivity index (χ0n) is 11.6. The van der Waals surface area contributed by atoms with Crippen LogP contribution in [0.5, 0.6) is 0 Å². The number of methoxy groups -OCH3 is 1. The molecule has 1 saturated carbocycles. The van der Waals surface area contributed by atoms with Crippen LogP contribution in [0, 0.1) is 11.8 Å². The van der Waals surface area contributed by atoms with Crippen LogP contribution in [0.15, 0.2) is 0 Å². The van der Waals surface area contributed by atoms with Gasteiger partial charge in [-0.3, -0.25) is 0 Å². The summed E-state index contributed by atoms with van der Waals surface area (Å²) in [5.41, 5.74) is 0. The van der Waals surface area contributed by atoms with Crippen molar-refractivity contribution in [3.05, 3.63) is 0 Å². The van der Waals surface area contributed by atoms with Crippen molar-refractivity contribution < 1.29 is 4.74 Å². The lowest BCUT2D eigenvalue weighted by Crippen LogP contribution is -2.38. The summed E-state index contributed by atoms with van der Waals surface area (Å²) in [5.74, 6) is 1.96. The molecule has 0 unspecified atom stereocenters. The van der Waals surface area contributed by atoms with Gasteiger partial charge in [-0.15, -0.1) is 0 Å². The number of likely N-dealkylation sites (tertiary alicyclic amines) is 1. The number of hydrogen-bond donors (Lipinski definition) is 0. The van der Waals surface area contributed by atoms with Crippen molar-refractivity contribution in [2.24, 2.45) is 11.8 Å². The van der Waals surface area contributed by atoms with Crippen LogP contribution in [0.25, 0.3) is 0 Å². The second-order valence-electron chi connectivity index (χ2n) is 4.03. The average Bonchev–Trinajstić information content (AvgIpc) is 2.96. The molecule has 2 aliphatic rings. The summed E-state index contributed by atoms with van der Waals surface area (Å²) in [5, 5.41) is 0. The molecule has 4 atom stereocenters. The maximum Gasteiger partial charge on any atom is 0.0701 e. The molecule has 1 aliphatic heterocycles. The topological polar surface area (TPSA) is 12.5 Å². The van der Waals surface area contributed by atoms with Crippen LogP contribution in [0.2, 0.25) is 0 Å². The van der Waals surface area contributed by atoms with Gasteiger partial charge < -0.3 is 9.64 Å². The van der Waals surface area contributed by atoms with E-state index in [0.717, 1.165) is 11.8 Å². The Morgan fingerprint density at radius 3 is 2.07 bits per heavy atom. The first-order valence-corrected chi connectivity index (χ1v) is 6.47. The van der Waals surface area contributed by atoms with Crippen LogP contribution in [0.3, 0.4) is 0 Å². The predicted octanol–water partition coefficient (Wildman–Crippen LogP) is 3.02. The Bertz CT molecular complexity index is 159. The number of ether oxygens (including phenoxy) is 1. The van der Waals surface area contributed by atoms with E-state index in [2.05, 4.69) is 18.9 Å². The number of hydrogen-bond acceptors (Lipinski definition) is 2. The van der Waals surface area contributed by atoms with Crippen molar-refractivity contribution in [3.63, 3.8) is 0 Å². The molecular weight excluding hydrogens is 186 g/mol. The standard InChI is InChI=1S/C9H17NO.2C2H6/c1-6(11-3)9-8-4-7(8)5-10(9)2;2*1-2/h6-9H,4-5H2,1-3H3;2*1-2H3/t6-,7-,8-,9+;;/m0../s1. The van der Waals surface area contributed by atoms with Gasteiger partial charge in [-0.05, 0) is 32.2 Å². The lowest BCUT2D eigenvalue weighted by molar-refractivity contribution is 0.0415. The lowest BCUT2D eigenvalue weighted by Gasteiger charge is -2.27. The molecule has 1 heterocycles. The summed E-state index contributed by atoms with van der Waals surface area (Å²) in [7, 11) is 4.03. The summed E-state index contributed by atoms with van der Waals surface area (Å²) in [4.78, 5) is 2.45. The van der Waals surface area contributed by atoms with E-state index in [-0.39, 0.29) is 0 Å². The molecule has 2 rings (SSSR count). The molecule has 1 saturated heterocycles. The third kappa shape index (κ3) is 3.46. The van der Waals surface area contributed by atoms with E-state index in [0.29, 0.717) is 12.1 Å². The first-order valence-electron chi connectivity index (χ1n) is 6.47. The van der Waals surface area contributed by atoms with Crippen LogP contribution in [0.1, 0.15) is 41.0 Å². The fourth-order valence-corrected chi connectivity index (χ4v) is 2.56. The zero-order valence-corrected chi connectivity index (χ0v) is 11.6. The Morgan fingerprint density at radius 2 is 1.73 bits per heavy atom. The summed E-state index contributed by atoms with van der Waals surface area (Å²) in [6, 6.07) is 0.699. The average molecular weight is 215 g/mol. The smallest absolute Gasteiger partial charge is 0.0701 e. The number of likely N-dealkylation sites (N-methyl/N-ethyl adjacent to an activating group) is 1. The summed E-state index contributed by atoms with van der Waals surface area (Å²) in [6.07, 6.45) is 1.86. The maximum absolute atomic E-state index is 5.36. The normalized spacial score (nSPS) is 34.2. The van der Waals surface area contributed by atoms with Gasteiger partial charge in [0.15, 0.2) is 0 Å². The van der Waals surface area contributed by atoms with Gasteiger partial charge in [0.05, 0.1) is 6.10 Å². The highest BCUT2D eigenvalue weighted by molar-refractivity contribution is 5.05. The summed E-state index contributed by atoms with van der Waals surface area (Å²) >= 11 is 0. The molecule has 0 bridgehead atoms. The third-order valence-electron chi connectivity index (χ3n) is 3.30.